The van der Waals surface area contributed by atoms with Crippen molar-refractivity contribution in [3.63, 3.8) is 0 Å². The summed E-state index contributed by atoms with van der Waals surface area (Å²) in [7, 11) is 0. The van der Waals surface area contributed by atoms with E-state index in [-0.39, 0.29) is 11.8 Å². The Hall–Kier alpha value is -0.650. The van der Waals surface area contributed by atoms with E-state index in [9.17, 15) is 32.0 Å². The van der Waals surface area contributed by atoms with E-state index in [0.717, 1.165) is 32.1 Å². The monoisotopic (exact) mass is 391 g/mol. The van der Waals surface area contributed by atoms with Crippen molar-refractivity contribution in [2.24, 2.45) is 29.6 Å². The summed E-state index contributed by atoms with van der Waals surface area (Å²) in [6, 6.07) is 0. The van der Waals surface area contributed by atoms with Gasteiger partial charge < -0.3 is 9.99 Å². The van der Waals surface area contributed by atoms with Gasteiger partial charge in [-0.1, -0.05) is 0 Å². The molecule has 0 aromatic heterocycles. The van der Waals surface area contributed by atoms with Crippen molar-refractivity contribution in [3.8, 4) is 0 Å². The molecule has 144 valence electrons. The zero-order valence-electron chi connectivity index (χ0n) is 12.8. The fourth-order valence-corrected chi connectivity index (χ4v) is 5.32. The van der Waals surface area contributed by atoms with E-state index in [1.165, 1.54) is 0 Å². The lowest BCUT2D eigenvalue weighted by Crippen LogP contribution is -2.52. The molecular formula is C14H16F5O5S-. The van der Waals surface area contributed by atoms with Gasteiger partial charge in [0.25, 0.3) is 6.10 Å². The number of carbonyl (C=O) groups is 1. The van der Waals surface area contributed by atoms with Gasteiger partial charge in [-0.2, -0.15) is 26.3 Å². The number of hydrogen-bond donors (Lipinski definition) is 0. The van der Waals surface area contributed by atoms with Gasteiger partial charge in [-0.3, -0.25) is 9.83 Å². The molecule has 0 amide bonds. The standard InChI is InChI=1S/C14H17F5O5S/c15-13(16,17)12(14(18,19)25-24-23-21)22-11(20)10-8-2-6-1-7(4-8)5-9(10)3-6/h6-10,12,21H,1-5H2/p-1. The summed E-state index contributed by atoms with van der Waals surface area (Å²) in [5.41, 5.74) is 0. The van der Waals surface area contributed by atoms with Crippen molar-refractivity contribution in [1.29, 1.82) is 0 Å². The average Bonchev–Trinajstić information content (AvgIpc) is 2.48. The summed E-state index contributed by atoms with van der Waals surface area (Å²) in [4.78, 5) is 12.3. The van der Waals surface area contributed by atoms with Crippen LogP contribution in [0, 0.1) is 29.6 Å². The molecule has 4 fully saturated rings. The Kier molecular flexibility index (Phi) is 5.22. The number of halogens is 5. The molecule has 0 aromatic rings. The summed E-state index contributed by atoms with van der Waals surface area (Å²) >= 11 is -1.13. The molecule has 5 nitrogen and oxygen atoms in total. The van der Waals surface area contributed by atoms with E-state index in [2.05, 4.69) is 14.1 Å². The predicted octanol–water partition coefficient (Wildman–Crippen LogP) is 3.00. The quantitative estimate of drug-likeness (QED) is 0.228. The lowest BCUT2D eigenvalue weighted by atomic mass is 9.52. The van der Waals surface area contributed by atoms with Crippen LogP contribution in [0.4, 0.5) is 22.0 Å². The van der Waals surface area contributed by atoms with Gasteiger partial charge in [0.2, 0.25) is 0 Å². The molecule has 0 N–H and O–H groups in total. The molecule has 1 unspecified atom stereocenters. The molecule has 0 radical (unpaired) electrons. The van der Waals surface area contributed by atoms with Crippen LogP contribution < -0.4 is 5.26 Å². The molecule has 0 aliphatic heterocycles. The zero-order valence-corrected chi connectivity index (χ0v) is 13.7. The first-order valence-corrected chi connectivity index (χ1v) is 8.65. The molecule has 0 saturated heterocycles. The number of rotatable bonds is 6. The number of carbonyl (C=O) groups excluding carboxylic acids is 1. The van der Waals surface area contributed by atoms with Gasteiger partial charge >= 0.3 is 17.4 Å². The number of alkyl halides is 5. The topological polar surface area (TPSA) is 67.8 Å². The van der Waals surface area contributed by atoms with Crippen LogP contribution in [0.3, 0.4) is 0 Å². The number of esters is 1. The maximum Gasteiger partial charge on any atom is 0.432 e. The Labute approximate surface area is 144 Å². The molecule has 4 aliphatic carbocycles. The van der Waals surface area contributed by atoms with E-state index in [1.54, 1.807) is 0 Å². The first-order chi connectivity index (χ1) is 11.6. The highest BCUT2D eigenvalue weighted by Gasteiger charge is 2.62. The van der Waals surface area contributed by atoms with E-state index in [1.807, 2.05) is 0 Å². The van der Waals surface area contributed by atoms with Crippen LogP contribution in [0.2, 0.25) is 0 Å². The highest BCUT2D eigenvalue weighted by molar-refractivity contribution is 7.95. The second-order valence-corrected chi connectivity index (χ2v) is 7.94. The molecule has 1 atom stereocenters. The SMILES string of the molecule is O=C(OC(C(F)(F)F)C(F)(F)SOO[O-])C1C2CC3CC(C2)CC1C3. The van der Waals surface area contributed by atoms with Gasteiger partial charge in [0.1, 0.15) is 12.0 Å². The van der Waals surface area contributed by atoms with Crippen LogP contribution in [0.5, 0.6) is 0 Å². The summed E-state index contributed by atoms with van der Waals surface area (Å²) < 4.78 is 73.9. The molecular weight excluding hydrogens is 375 g/mol. The van der Waals surface area contributed by atoms with Crippen molar-refractivity contribution in [2.75, 3.05) is 0 Å². The van der Waals surface area contributed by atoms with Gasteiger partial charge in [-0.15, -0.1) is 0 Å². The van der Waals surface area contributed by atoms with E-state index in [0.29, 0.717) is 11.8 Å². The minimum absolute atomic E-state index is 0.111. The Bertz CT molecular complexity index is 486. The smallest absolute Gasteiger partial charge is 0.432 e. The van der Waals surface area contributed by atoms with Crippen LogP contribution in [-0.4, -0.2) is 23.5 Å². The number of ether oxygens (including phenoxy) is 1. The predicted molar refractivity (Wildman–Crippen MR) is 71.2 cm³/mol. The lowest BCUT2D eigenvalue weighted by Gasteiger charge is -2.53. The third-order valence-corrected chi connectivity index (χ3v) is 6.07. The second kappa shape index (κ2) is 6.82. The first kappa shape index (κ1) is 19.1. The molecule has 0 heterocycles. The van der Waals surface area contributed by atoms with Crippen LogP contribution in [-0.2, 0) is 18.9 Å². The van der Waals surface area contributed by atoms with Gasteiger partial charge in [-0.25, -0.2) is 0 Å². The summed E-state index contributed by atoms with van der Waals surface area (Å²) in [5, 5.41) is 7.57. The zero-order chi connectivity index (χ0) is 18.4. The highest BCUT2D eigenvalue weighted by atomic mass is 32.2. The van der Waals surface area contributed by atoms with E-state index in [4.69, 9.17) is 0 Å². The molecule has 4 saturated carbocycles. The Morgan fingerprint density at radius 1 is 1.00 bits per heavy atom. The summed E-state index contributed by atoms with van der Waals surface area (Å²) in [6.45, 7) is 0. The fraction of sp³-hybridized carbons (Fsp3) is 0.929. The maximum absolute atomic E-state index is 13.7. The van der Waals surface area contributed by atoms with Crippen LogP contribution in [0.1, 0.15) is 32.1 Å². The molecule has 25 heavy (non-hydrogen) atoms. The van der Waals surface area contributed by atoms with E-state index >= 15 is 0 Å². The van der Waals surface area contributed by atoms with Gasteiger partial charge in [0.05, 0.1) is 5.92 Å². The normalized spacial score (nSPS) is 35.7. The third-order valence-electron chi connectivity index (χ3n) is 5.51. The van der Waals surface area contributed by atoms with Crippen molar-refractivity contribution in [3.05, 3.63) is 0 Å². The maximum atomic E-state index is 13.7. The molecule has 4 aliphatic rings. The minimum atomic E-state index is -5.52. The first-order valence-electron chi connectivity index (χ1n) is 7.91. The summed E-state index contributed by atoms with van der Waals surface area (Å²) in [5.74, 6) is -1.33. The van der Waals surface area contributed by atoms with Crippen molar-refractivity contribution in [2.45, 2.75) is 49.6 Å². The summed E-state index contributed by atoms with van der Waals surface area (Å²) in [6.07, 6.45) is -5.27. The lowest BCUT2D eigenvalue weighted by molar-refractivity contribution is -0.777. The molecule has 0 aromatic carbocycles. The largest absolute Gasteiger partial charge is 0.691 e. The molecule has 4 bridgehead atoms. The Balaban J connectivity index is 1.72. The molecule has 0 spiro atoms. The van der Waals surface area contributed by atoms with Gasteiger partial charge in [0.15, 0.2) is 0 Å². The Morgan fingerprint density at radius 2 is 1.52 bits per heavy atom. The number of hydrogen-bond acceptors (Lipinski definition) is 6. The molecule has 4 rings (SSSR count). The van der Waals surface area contributed by atoms with Crippen LogP contribution in [0.15, 0.2) is 0 Å². The van der Waals surface area contributed by atoms with E-state index < -0.39 is 41.5 Å². The van der Waals surface area contributed by atoms with Crippen molar-refractivity contribution >= 4 is 18.0 Å². The third kappa shape index (κ3) is 3.88. The van der Waals surface area contributed by atoms with Gasteiger partial charge in [0, 0.05) is 0 Å². The minimum Gasteiger partial charge on any atom is -0.691 e. The Morgan fingerprint density at radius 3 is 1.96 bits per heavy atom. The highest BCUT2D eigenvalue weighted by Crippen LogP contribution is 2.57. The van der Waals surface area contributed by atoms with Crippen LogP contribution >= 0.6 is 12.0 Å². The van der Waals surface area contributed by atoms with Gasteiger partial charge in [-0.05, 0) is 55.8 Å². The van der Waals surface area contributed by atoms with Crippen molar-refractivity contribution < 1.29 is 46.1 Å². The fourth-order valence-electron chi connectivity index (χ4n) is 4.93. The van der Waals surface area contributed by atoms with Crippen molar-refractivity contribution in [1.82, 2.24) is 0 Å². The second-order valence-electron chi connectivity index (χ2n) is 7.10. The van der Waals surface area contributed by atoms with Crippen LogP contribution in [0.25, 0.3) is 0 Å². The average molecular weight is 391 g/mol. The molecule has 11 heteroatoms.